The third-order valence-corrected chi connectivity index (χ3v) is 5.68. The average Bonchev–Trinajstić information content (AvgIpc) is 3.30. The van der Waals surface area contributed by atoms with Crippen LogP contribution in [0.5, 0.6) is 11.5 Å². The van der Waals surface area contributed by atoms with Crippen molar-refractivity contribution in [1.29, 1.82) is 0 Å². The van der Waals surface area contributed by atoms with E-state index < -0.39 is 0 Å². The van der Waals surface area contributed by atoms with E-state index >= 15 is 0 Å². The van der Waals surface area contributed by atoms with Crippen LogP contribution in [-0.2, 0) is 6.42 Å². The van der Waals surface area contributed by atoms with Crippen LogP contribution in [0.3, 0.4) is 0 Å². The number of ether oxygens (including phenoxy) is 2. The molecule has 1 N–H and O–H groups in total. The Hall–Kier alpha value is -2.34. The molecule has 1 saturated heterocycles. The number of hydrogen-bond acceptors (Lipinski definition) is 4. The van der Waals surface area contributed by atoms with E-state index in [9.17, 15) is 4.79 Å². The number of nitrogens with zero attached hydrogens (tertiary/aromatic N) is 1. The van der Waals surface area contributed by atoms with Gasteiger partial charge in [0.05, 0.1) is 0 Å². The molecule has 2 aromatic carbocycles. The van der Waals surface area contributed by atoms with E-state index in [4.69, 9.17) is 9.47 Å². The fourth-order valence-corrected chi connectivity index (χ4v) is 4.33. The summed E-state index contributed by atoms with van der Waals surface area (Å²) in [5, 5.41) is 3.02. The highest BCUT2D eigenvalue weighted by atomic mass is 32.2. The summed E-state index contributed by atoms with van der Waals surface area (Å²) in [5.41, 5.74) is 3.11. The molecule has 2 aromatic rings. The van der Waals surface area contributed by atoms with Crippen molar-refractivity contribution in [2.75, 3.05) is 24.4 Å². The fourth-order valence-electron chi connectivity index (χ4n) is 3.09. The molecule has 0 aliphatic carbocycles. The van der Waals surface area contributed by atoms with Gasteiger partial charge in [0.2, 0.25) is 6.79 Å². The smallest absolute Gasteiger partial charge is 0.323 e. The van der Waals surface area contributed by atoms with Gasteiger partial charge in [-0.05, 0) is 41.8 Å². The first-order valence-electron chi connectivity index (χ1n) is 8.42. The number of carbonyl (C=O) groups excluding carboxylic acids is 1. The minimum Gasteiger partial charge on any atom is -0.454 e. The standard InChI is InChI=1S/C19H20N2O3S/c1-2-13-4-3-5-15(10-13)20-19(22)21-8-9-25-18(21)14-6-7-16-17(11-14)24-12-23-16/h3-7,10-11,18H,2,8-9,12H2,1H3,(H,20,22)/t18-/m1/s1. The molecule has 2 heterocycles. The number of benzene rings is 2. The molecule has 1 atom stereocenters. The van der Waals surface area contributed by atoms with Crippen molar-refractivity contribution < 1.29 is 14.3 Å². The maximum absolute atomic E-state index is 12.8. The van der Waals surface area contributed by atoms with Gasteiger partial charge in [-0.15, -0.1) is 11.8 Å². The van der Waals surface area contributed by atoms with Crippen LogP contribution in [0.25, 0.3) is 0 Å². The van der Waals surface area contributed by atoms with Crippen LogP contribution in [0.2, 0.25) is 0 Å². The zero-order valence-corrected chi connectivity index (χ0v) is 14.8. The number of hydrogen-bond donors (Lipinski definition) is 1. The lowest BCUT2D eigenvalue weighted by molar-refractivity contribution is 0.174. The molecule has 0 bridgehead atoms. The molecular formula is C19H20N2O3S. The van der Waals surface area contributed by atoms with Crippen molar-refractivity contribution in [3.63, 3.8) is 0 Å². The lowest BCUT2D eigenvalue weighted by atomic mass is 10.1. The molecule has 0 unspecified atom stereocenters. The highest BCUT2D eigenvalue weighted by Gasteiger charge is 2.31. The zero-order chi connectivity index (χ0) is 17.2. The molecule has 5 nitrogen and oxygen atoms in total. The van der Waals surface area contributed by atoms with Crippen molar-refractivity contribution in [3.8, 4) is 11.5 Å². The van der Waals surface area contributed by atoms with Crippen LogP contribution in [0.4, 0.5) is 10.5 Å². The van der Waals surface area contributed by atoms with Crippen LogP contribution < -0.4 is 14.8 Å². The van der Waals surface area contributed by atoms with Gasteiger partial charge in [0.15, 0.2) is 11.5 Å². The molecule has 2 aliphatic rings. The van der Waals surface area contributed by atoms with Crippen LogP contribution >= 0.6 is 11.8 Å². The first-order valence-corrected chi connectivity index (χ1v) is 9.47. The first kappa shape index (κ1) is 16.1. The average molecular weight is 356 g/mol. The Morgan fingerprint density at radius 2 is 2.12 bits per heavy atom. The molecule has 0 radical (unpaired) electrons. The highest BCUT2D eigenvalue weighted by molar-refractivity contribution is 7.99. The third-order valence-electron chi connectivity index (χ3n) is 4.42. The molecular weight excluding hydrogens is 336 g/mol. The molecule has 130 valence electrons. The number of nitrogens with one attached hydrogen (secondary N) is 1. The van der Waals surface area contributed by atoms with Gasteiger partial charge in [-0.25, -0.2) is 4.79 Å². The number of urea groups is 1. The Morgan fingerprint density at radius 3 is 3.00 bits per heavy atom. The predicted molar refractivity (Wildman–Crippen MR) is 99.3 cm³/mol. The summed E-state index contributed by atoms with van der Waals surface area (Å²) in [7, 11) is 0. The minimum absolute atomic E-state index is 0.0103. The van der Waals surface area contributed by atoms with E-state index in [2.05, 4.69) is 18.3 Å². The van der Waals surface area contributed by atoms with E-state index in [1.807, 2.05) is 41.3 Å². The van der Waals surface area contributed by atoms with Crippen molar-refractivity contribution in [2.45, 2.75) is 18.7 Å². The monoisotopic (exact) mass is 356 g/mol. The Bertz CT molecular complexity index is 796. The predicted octanol–water partition coefficient (Wildman–Crippen LogP) is 4.26. The molecule has 0 spiro atoms. The van der Waals surface area contributed by atoms with Gasteiger partial charge in [-0.1, -0.05) is 25.1 Å². The molecule has 0 saturated carbocycles. The van der Waals surface area contributed by atoms with E-state index in [1.165, 1.54) is 5.56 Å². The second-order valence-electron chi connectivity index (χ2n) is 6.01. The van der Waals surface area contributed by atoms with Gasteiger partial charge < -0.3 is 19.7 Å². The maximum atomic E-state index is 12.8. The third kappa shape index (κ3) is 3.26. The lowest BCUT2D eigenvalue weighted by Gasteiger charge is -2.24. The van der Waals surface area contributed by atoms with E-state index in [1.54, 1.807) is 11.8 Å². The number of carbonyl (C=O) groups is 1. The Balaban J connectivity index is 1.51. The molecule has 6 heteroatoms. The zero-order valence-electron chi connectivity index (χ0n) is 14.0. The lowest BCUT2D eigenvalue weighted by Crippen LogP contribution is -2.34. The van der Waals surface area contributed by atoms with Crippen LogP contribution in [-0.4, -0.2) is 30.0 Å². The fraction of sp³-hybridized carbons (Fsp3) is 0.316. The summed E-state index contributed by atoms with van der Waals surface area (Å²) in [5.74, 6) is 2.43. The van der Waals surface area contributed by atoms with Gasteiger partial charge in [-0.3, -0.25) is 0 Å². The molecule has 1 fully saturated rings. The molecule has 2 amide bonds. The summed E-state index contributed by atoms with van der Waals surface area (Å²) < 4.78 is 10.8. The second kappa shape index (κ2) is 6.88. The number of anilines is 1. The molecule has 2 aliphatic heterocycles. The summed E-state index contributed by atoms with van der Waals surface area (Å²) in [6.07, 6.45) is 0.948. The second-order valence-corrected chi connectivity index (χ2v) is 7.20. The first-order chi connectivity index (χ1) is 12.2. The molecule has 4 rings (SSSR count). The van der Waals surface area contributed by atoms with Gasteiger partial charge in [0.25, 0.3) is 0 Å². The van der Waals surface area contributed by atoms with Crippen LogP contribution in [0.1, 0.15) is 23.4 Å². The quantitative estimate of drug-likeness (QED) is 0.893. The Labute approximate surface area is 151 Å². The number of amides is 2. The van der Waals surface area contributed by atoms with Gasteiger partial charge in [0, 0.05) is 18.0 Å². The number of aryl methyl sites for hydroxylation is 1. The van der Waals surface area contributed by atoms with Gasteiger partial charge in [0.1, 0.15) is 5.37 Å². The SMILES string of the molecule is CCc1cccc(NC(=O)N2CCS[C@@H]2c2ccc3c(c2)OCO3)c1. The normalized spacial score (nSPS) is 18.4. The maximum Gasteiger partial charge on any atom is 0.323 e. The minimum atomic E-state index is -0.0686. The van der Waals surface area contributed by atoms with Crippen LogP contribution in [0.15, 0.2) is 42.5 Å². The largest absolute Gasteiger partial charge is 0.454 e. The molecule has 25 heavy (non-hydrogen) atoms. The number of fused-ring (bicyclic) bond motifs is 1. The van der Waals surface area contributed by atoms with Crippen LogP contribution in [0, 0.1) is 0 Å². The topological polar surface area (TPSA) is 50.8 Å². The Morgan fingerprint density at radius 1 is 1.24 bits per heavy atom. The summed E-state index contributed by atoms with van der Waals surface area (Å²) >= 11 is 1.76. The molecule has 0 aromatic heterocycles. The van der Waals surface area contributed by atoms with Gasteiger partial charge in [-0.2, -0.15) is 0 Å². The van der Waals surface area contributed by atoms with E-state index in [0.717, 1.165) is 41.5 Å². The number of rotatable bonds is 3. The van der Waals surface area contributed by atoms with Gasteiger partial charge >= 0.3 is 6.03 Å². The van der Waals surface area contributed by atoms with Crippen molar-refractivity contribution >= 4 is 23.5 Å². The number of thioether (sulfide) groups is 1. The van der Waals surface area contributed by atoms with E-state index in [0.29, 0.717) is 0 Å². The summed E-state index contributed by atoms with van der Waals surface area (Å²) in [6.45, 7) is 3.09. The Kier molecular flexibility index (Phi) is 4.44. The van der Waals surface area contributed by atoms with Crippen molar-refractivity contribution in [3.05, 3.63) is 53.6 Å². The van der Waals surface area contributed by atoms with E-state index in [-0.39, 0.29) is 18.2 Å². The highest BCUT2D eigenvalue weighted by Crippen LogP contribution is 2.42. The van der Waals surface area contributed by atoms with Crippen molar-refractivity contribution in [2.24, 2.45) is 0 Å². The summed E-state index contributed by atoms with van der Waals surface area (Å²) in [4.78, 5) is 14.7. The van der Waals surface area contributed by atoms with Crippen molar-refractivity contribution in [1.82, 2.24) is 4.90 Å². The summed E-state index contributed by atoms with van der Waals surface area (Å²) in [6, 6.07) is 13.8.